The molecule has 0 fully saturated rings. The van der Waals surface area contributed by atoms with Gasteiger partial charge in [-0.3, -0.25) is 4.79 Å². The van der Waals surface area contributed by atoms with Gasteiger partial charge in [-0.1, -0.05) is 60.2 Å². The normalized spacial score (nSPS) is 11.6. The number of nitrogens with zero attached hydrogens (tertiary/aromatic N) is 2. The summed E-state index contributed by atoms with van der Waals surface area (Å²) in [5, 5.41) is 0.637. The Morgan fingerprint density at radius 2 is 1.64 bits per heavy atom. The molecule has 0 unspecified atom stereocenters. The number of para-hydroxylation sites is 2. The number of hydrogen-bond donors (Lipinski definition) is 0. The average Bonchev–Trinajstić information content (AvgIpc) is 3.17. The molecule has 170 valence electrons. The fourth-order valence-corrected chi connectivity index (χ4v) is 5.84. The Morgan fingerprint density at radius 3 is 2.36 bits per heavy atom. The molecule has 0 saturated heterocycles. The first-order chi connectivity index (χ1) is 15.8. The third kappa shape index (κ3) is 4.71. The molecule has 0 saturated carbocycles. The van der Waals surface area contributed by atoms with Crippen LogP contribution in [0.25, 0.3) is 10.9 Å². The van der Waals surface area contributed by atoms with Crippen LogP contribution in [0.1, 0.15) is 23.6 Å². The number of rotatable bonds is 7. The number of likely N-dealkylation sites (N-methyl/N-ethyl adjacent to an activating group) is 1. The molecule has 1 amide bonds. The van der Waals surface area contributed by atoms with Gasteiger partial charge in [0.05, 0.1) is 10.6 Å². The number of anilines is 1. The van der Waals surface area contributed by atoms with Gasteiger partial charge < -0.3 is 9.47 Å². The van der Waals surface area contributed by atoms with Crippen LogP contribution in [0.2, 0.25) is 0 Å². The lowest BCUT2D eigenvalue weighted by atomic mass is 10.1. The van der Waals surface area contributed by atoms with Crippen LogP contribution >= 0.6 is 0 Å². The van der Waals surface area contributed by atoms with E-state index in [9.17, 15) is 13.2 Å². The molecule has 5 nitrogen and oxygen atoms in total. The molecule has 0 atom stereocenters. The number of aryl methyl sites for hydroxylation is 2. The summed E-state index contributed by atoms with van der Waals surface area (Å²) < 4.78 is 28.7. The van der Waals surface area contributed by atoms with Crippen molar-refractivity contribution in [2.24, 2.45) is 0 Å². The minimum absolute atomic E-state index is 0.0578. The van der Waals surface area contributed by atoms with Crippen LogP contribution in [-0.2, 0) is 26.9 Å². The molecule has 33 heavy (non-hydrogen) atoms. The van der Waals surface area contributed by atoms with Crippen LogP contribution < -0.4 is 4.90 Å². The van der Waals surface area contributed by atoms with Crippen molar-refractivity contribution in [3.05, 3.63) is 95.7 Å². The SMILES string of the molecule is CCN(C(=O)Cn1cc(S(=O)(=O)Cc2cc(C)ccc2C)c2ccccc21)c1ccccc1. The third-order valence-electron chi connectivity index (χ3n) is 5.93. The third-order valence-corrected chi connectivity index (χ3v) is 7.61. The monoisotopic (exact) mass is 460 g/mol. The number of carbonyl (C=O) groups excluding carboxylic acids is 1. The summed E-state index contributed by atoms with van der Waals surface area (Å²) in [5.74, 6) is -0.170. The summed E-state index contributed by atoms with van der Waals surface area (Å²) in [7, 11) is -3.62. The topological polar surface area (TPSA) is 59.4 Å². The maximum atomic E-state index is 13.5. The van der Waals surface area contributed by atoms with Gasteiger partial charge in [0.25, 0.3) is 0 Å². The fourth-order valence-electron chi connectivity index (χ4n) is 4.17. The molecule has 1 heterocycles. The number of fused-ring (bicyclic) bond motifs is 1. The molecule has 0 radical (unpaired) electrons. The molecular formula is C27H28N2O3S. The molecule has 0 aliphatic heterocycles. The van der Waals surface area contributed by atoms with Crippen molar-refractivity contribution in [1.29, 1.82) is 0 Å². The van der Waals surface area contributed by atoms with E-state index in [2.05, 4.69) is 0 Å². The molecule has 4 rings (SSSR count). The van der Waals surface area contributed by atoms with Crippen LogP contribution in [0, 0.1) is 13.8 Å². The lowest BCUT2D eigenvalue weighted by molar-refractivity contribution is -0.119. The van der Waals surface area contributed by atoms with E-state index in [0.29, 0.717) is 11.9 Å². The maximum absolute atomic E-state index is 13.5. The highest BCUT2D eigenvalue weighted by molar-refractivity contribution is 7.90. The van der Waals surface area contributed by atoms with Crippen LogP contribution in [0.3, 0.4) is 0 Å². The molecule has 0 aliphatic carbocycles. The highest BCUT2D eigenvalue weighted by atomic mass is 32.2. The van der Waals surface area contributed by atoms with Crippen molar-refractivity contribution in [3.63, 3.8) is 0 Å². The zero-order valence-electron chi connectivity index (χ0n) is 19.2. The van der Waals surface area contributed by atoms with Gasteiger partial charge in [-0.15, -0.1) is 0 Å². The zero-order valence-corrected chi connectivity index (χ0v) is 20.0. The first-order valence-corrected chi connectivity index (χ1v) is 12.7. The molecular weight excluding hydrogens is 432 g/mol. The van der Waals surface area contributed by atoms with Crippen molar-refractivity contribution in [2.45, 2.75) is 38.0 Å². The van der Waals surface area contributed by atoms with Gasteiger partial charge in [0.2, 0.25) is 5.91 Å². The number of amides is 1. The van der Waals surface area contributed by atoms with Crippen LogP contribution in [-0.4, -0.2) is 25.4 Å². The predicted molar refractivity (Wildman–Crippen MR) is 133 cm³/mol. The molecule has 0 N–H and O–H groups in total. The Morgan fingerprint density at radius 1 is 0.939 bits per heavy atom. The van der Waals surface area contributed by atoms with Gasteiger partial charge >= 0.3 is 0 Å². The van der Waals surface area contributed by atoms with Gasteiger partial charge in [-0.05, 0) is 50.1 Å². The first-order valence-electron chi connectivity index (χ1n) is 11.0. The Bertz CT molecular complexity index is 1410. The van der Waals surface area contributed by atoms with E-state index >= 15 is 0 Å². The van der Waals surface area contributed by atoms with Gasteiger partial charge in [-0.25, -0.2) is 8.42 Å². The second-order valence-electron chi connectivity index (χ2n) is 8.30. The summed E-state index contributed by atoms with van der Waals surface area (Å²) in [6, 6.07) is 22.7. The van der Waals surface area contributed by atoms with Gasteiger partial charge in [-0.2, -0.15) is 0 Å². The Kier molecular flexibility index (Phi) is 6.38. The van der Waals surface area contributed by atoms with E-state index in [1.165, 1.54) is 0 Å². The van der Waals surface area contributed by atoms with Crippen LogP contribution in [0.5, 0.6) is 0 Å². The largest absolute Gasteiger partial charge is 0.337 e. The lowest BCUT2D eigenvalue weighted by Crippen LogP contribution is -2.33. The summed E-state index contributed by atoms with van der Waals surface area (Å²) in [5.41, 5.74) is 4.33. The number of aromatic nitrogens is 1. The number of carbonyl (C=O) groups is 1. The van der Waals surface area contributed by atoms with Crippen LogP contribution in [0.4, 0.5) is 5.69 Å². The highest BCUT2D eigenvalue weighted by Crippen LogP contribution is 2.29. The van der Waals surface area contributed by atoms with E-state index < -0.39 is 9.84 Å². The molecule has 3 aromatic carbocycles. The Labute approximate surface area is 195 Å². The fraction of sp³-hybridized carbons (Fsp3) is 0.222. The first kappa shape index (κ1) is 22.8. The van der Waals surface area contributed by atoms with Gasteiger partial charge in [0.15, 0.2) is 9.84 Å². The molecule has 0 spiro atoms. The minimum Gasteiger partial charge on any atom is -0.337 e. The summed E-state index contributed by atoms with van der Waals surface area (Å²) >= 11 is 0. The summed E-state index contributed by atoms with van der Waals surface area (Å²) in [6.07, 6.45) is 1.61. The second kappa shape index (κ2) is 9.24. The Hall–Kier alpha value is -3.38. The standard InChI is InChI=1S/C27H28N2O3S/c1-4-29(23-10-6-5-7-11-23)27(30)18-28-17-26(24-12-8-9-13-25(24)28)33(31,32)19-22-16-20(2)14-15-21(22)3/h5-17H,4,18-19H2,1-3H3. The smallest absolute Gasteiger partial charge is 0.246 e. The van der Waals surface area contributed by atoms with E-state index in [4.69, 9.17) is 0 Å². The Balaban J connectivity index is 1.71. The van der Waals surface area contributed by atoms with E-state index in [1.807, 2.05) is 87.5 Å². The predicted octanol–water partition coefficient (Wildman–Crippen LogP) is 5.29. The molecule has 0 aliphatic rings. The number of sulfone groups is 1. The number of hydrogen-bond acceptors (Lipinski definition) is 3. The minimum atomic E-state index is -3.62. The summed E-state index contributed by atoms with van der Waals surface area (Å²) in [6.45, 7) is 6.40. The van der Waals surface area contributed by atoms with E-state index in [0.717, 1.165) is 27.9 Å². The highest BCUT2D eigenvalue weighted by Gasteiger charge is 2.24. The zero-order chi connectivity index (χ0) is 23.6. The van der Waals surface area contributed by atoms with Crippen molar-refractivity contribution < 1.29 is 13.2 Å². The van der Waals surface area contributed by atoms with Gasteiger partial charge in [0.1, 0.15) is 6.54 Å². The quantitative estimate of drug-likeness (QED) is 0.377. The maximum Gasteiger partial charge on any atom is 0.246 e. The van der Waals surface area contributed by atoms with E-state index in [-0.39, 0.29) is 23.1 Å². The van der Waals surface area contributed by atoms with E-state index in [1.54, 1.807) is 21.7 Å². The number of benzene rings is 3. The van der Waals surface area contributed by atoms with Crippen molar-refractivity contribution >= 4 is 32.3 Å². The molecule has 6 heteroatoms. The van der Waals surface area contributed by atoms with Crippen molar-refractivity contribution in [1.82, 2.24) is 4.57 Å². The second-order valence-corrected chi connectivity index (χ2v) is 10.3. The van der Waals surface area contributed by atoms with Gasteiger partial charge in [0, 0.05) is 29.3 Å². The van der Waals surface area contributed by atoms with Crippen molar-refractivity contribution in [3.8, 4) is 0 Å². The molecule has 1 aromatic heterocycles. The van der Waals surface area contributed by atoms with Crippen LogP contribution in [0.15, 0.2) is 83.9 Å². The average molecular weight is 461 g/mol. The van der Waals surface area contributed by atoms with Crippen molar-refractivity contribution in [2.75, 3.05) is 11.4 Å². The molecule has 4 aromatic rings. The summed E-state index contributed by atoms with van der Waals surface area (Å²) in [4.78, 5) is 15.1. The lowest BCUT2D eigenvalue weighted by Gasteiger charge is -2.21. The molecule has 0 bridgehead atoms.